The van der Waals surface area contributed by atoms with E-state index in [4.69, 9.17) is 10.8 Å². The normalized spacial score (nSPS) is 13.4. The Morgan fingerprint density at radius 1 is 1.24 bits per heavy atom. The highest BCUT2D eigenvalue weighted by Gasteiger charge is 2.21. The van der Waals surface area contributed by atoms with Crippen LogP contribution in [-0.2, 0) is 9.59 Å². The molecule has 0 heterocycles. The average molecular weight is 292 g/mol. The summed E-state index contributed by atoms with van der Waals surface area (Å²) in [6, 6.07) is 9.14. The number of rotatable bonds is 9. The molecule has 1 aromatic carbocycles. The number of benzene rings is 1. The van der Waals surface area contributed by atoms with Gasteiger partial charge in [-0.2, -0.15) is 0 Å². The van der Waals surface area contributed by atoms with E-state index in [1.54, 1.807) is 0 Å². The molecule has 0 aliphatic heterocycles. The number of hydrogen-bond acceptors (Lipinski definition) is 3. The molecule has 1 amide bonds. The molecular formula is C16H24N2O3. The molecule has 0 spiro atoms. The van der Waals surface area contributed by atoms with E-state index in [1.165, 1.54) is 0 Å². The summed E-state index contributed by atoms with van der Waals surface area (Å²) in [5.41, 5.74) is 6.56. The van der Waals surface area contributed by atoms with Crippen LogP contribution >= 0.6 is 0 Å². The lowest BCUT2D eigenvalue weighted by atomic mass is 9.98. The lowest BCUT2D eigenvalue weighted by Crippen LogP contribution is -2.37. The second-order valence-electron chi connectivity index (χ2n) is 5.13. The Morgan fingerprint density at radius 2 is 1.90 bits per heavy atom. The number of carboxylic acids is 1. The van der Waals surface area contributed by atoms with Gasteiger partial charge in [-0.3, -0.25) is 9.59 Å². The van der Waals surface area contributed by atoms with Gasteiger partial charge in [0.15, 0.2) is 0 Å². The van der Waals surface area contributed by atoms with Crippen LogP contribution in [0.2, 0.25) is 0 Å². The van der Waals surface area contributed by atoms with Gasteiger partial charge in [0.2, 0.25) is 5.91 Å². The van der Waals surface area contributed by atoms with E-state index in [9.17, 15) is 9.59 Å². The van der Waals surface area contributed by atoms with E-state index in [1.807, 2.05) is 37.3 Å². The van der Waals surface area contributed by atoms with Crippen molar-refractivity contribution < 1.29 is 14.7 Å². The molecule has 2 unspecified atom stereocenters. The summed E-state index contributed by atoms with van der Waals surface area (Å²) in [6.07, 6.45) is 2.01. The highest BCUT2D eigenvalue weighted by molar-refractivity contribution is 5.79. The molecule has 4 N–H and O–H groups in total. The molecule has 1 rings (SSSR count). The molecule has 5 nitrogen and oxygen atoms in total. The van der Waals surface area contributed by atoms with Crippen LogP contribution in [0.4, 0.5) is 0 Å². The Kier molecular flexibility index (Phi) is 7.46. The predicted molar refractivity (Wildman–Crippen MR) is 81.6 cm³/mol. The minimum absolute atomic E-state index is 0.0148. The lowest BCUT2D eigenvalue weighted by molar-refractivity contribution is -0.137. The Morgan fingerprint density at radius 3 is 2.43 bits per heavy atom. The van der Waals surface area contributed by atoms with E-state index >= 15 is 0 Å². The number of carbonyl (C=O) groups is 2. The van der Waals surface area contributed by atoms with Crippen LogP contribution in [0.25, 0.3) is 0 Å². The van der Waals surface area contributed by atoms with Crippen molar-refractivity contribution in [2.75, 3.05) is 6.54 Å². The molecule has 0 saturated carbocycles. The maximum absolute atomic E-state index is 12.3. The van der Waals surface area contributed by atoms with E-state index in [0.29, 0.717) is 13.0 Å². The Labute approximate surface area is 125 Å². The van der Waals surface area contributed by atoms with Crippen LogP contribution in [0.15, 0.2) is 30.3 Å². The summed E-state index contributed by atoms with van der Waals surface area (Å²) in [5, 5.41) is 11.8. The molecule has 0 bridgehead atoms. The van der Waals surface area contributed by atoms with Crippen LogP contribution in [0.5, 0.6) is 0 Å². The molecule has 0 aliphatic rings. The van der Waals surface area contributed by atoms with Gasteiger partial charge in [0.1, 0.15) is 0 Å². The first kappa shape index (κ1) is 17.2. The topological polar surface area (TPSA) is 92.4 Å². The number of hydrogen-bond donors (Lipinski definition) is 3. The van der Waals surface area contributed by atoms with E-state index in [0.717, 1.165) is 18.4 Å². The van der Waals surface area contributed by atoms with Crippen LogP contribution in [0, 0.1) is 5.92 Å². The standard InChI is InChI=1S/C16H24N2O3/c1-2-6-13(11-17)16(21)18-14(9-10-15(19)20)12-7-4-3-5-8-12/h3-5,7-8,13-14H,2,6,9-11,17H2,1H3,(H,18,21)(H,19,20). The van der Waals surface area contributed by atoms with Gasteiger partial charge in [0.25, 0.3) is 0 Å². The molecule has 0 aliphatic carbocycles. The number of amides is 1. The molecule has 2 atom stereocenters. The van der Waals surface area contributed by atoms with Crippen LogP contribution < -0.4 is 11.1 Å². The van der Waals surface area contributed by atoms with Gasteiger partial charge >= 0.3 is 5.97 Å². The highest BCUT2D eigenvalue weighted by Crippen LogP contribution is 2.19. The number of aliphatic carboxylic acids is 1. The molecule has 116 valence electrons. The first-order valence-corrected chi connectivity index (χ1v) is 7.35. The van der Waals surface area contributed by atoms with Crippen LogP contribution in [-0.4, -0.2) is 23.5 Å². The Balaban J connectivity index is 2.77. The number of nitrogens with two attached hydrogens (primary N) is 1. The first-order chi connectivity index (χ1) is 10.1. The summed E-state index contributed by atoms with van der Waals surface area (Å²) < 4.78 is 0. The number of carbonyl (C=O) groups excluding carboxylic acids is 1. The molecule has 1 aromatic rings. The zero-order valence-electron chi connectivity index (χ0n) is 12.4. The molecule has 0 radical (unpaired) electrons. The Bertz CT molecular complexity index is 448. The lowest BCUT2D eigenvalue weighted by Gasteiger charge is -2.22. The van der Waals surface area contributed by atoms with E-state index < -0.39 is 5.97 Å². The SMILES string of the molecule is CCCC(CN)C(=O)NC(CCC(=O)O)c1ccccc1. The smallest absolute Gasteiger partial charge is 0.303 e. The van der Waals surface area contributed by atoms with Crippen molar-refractivity contribution in [3.8, 4) is 0 Å². The van der Waals surface area contributed by atoms with Gasteiger partial charge < -0.3 is 16.2 Å². The molecular weight excluding hydrogens is 268 g/mol. The summed E-state index contributed by atoms with van der Waals surface area (Å²) >= 11 is 0. The Hall–Kier alpha value is -1.88. The minimum Gasteiger partial charge on any atom is -0.481 e. The van der Waals surface area contributed by atoms with E-state index in [2.05, 4.69) is 5.32 Å². The van der Waals surface area contributed by atoms with Gasteiger partial charge in [0, 0.05) is 13.0 Å². The maximum Gasteiger partial charge on any atom is 0.303 e. The third kappa shape index (κ3) is 5.95. The van der Waals surface area contributed by atoms with Gasteiger partial charge in [-0.15, -0.1) is 0 Å². The van der Waals surface area contributed by atoms with Gasteiger partial charge in [-0.25, -0.2) is 0 Å². The molecule has 0 aromatic heterocycles. The molecule has 5 heteroatoms. The largest absolute Gasteiger partial charge is 0.481 e. The van der Waals surface area contributed by atoms with Crippen LogP contribution in [0.1, 0.15) is 44.2 Å². The molecule has 0 saturated heterocycles. The minimum atomic E-state index is -0.867. The predicted octanol–water partition coefficient (Wildman–Crippen LogP) is 2.08. The third-order valence-electron chi connectivity index (χ3n) is 3.46. The number of nitrogens with one attached hydrogen (secondary N) is 1. The van der Waals surface area contributed by atoms with Crippen LogP contribution in [0.3, 0.4) is 0 Å². The highest BCUT2D eigenvalue weighted by atomic mass is 16.4. The van der Waals surface area contributed by atoms with Crippen molar-refractivity contribution in [2.24, 2.45) is 11.7 Å². The summed E-state index contributed by atoms with van der Waals surface area (Å²) in [7, 11) is 0. The van der Waals surface area contributed by atoms with Gasteiger partial charge in [-0.1, -0.05) is 43.7 Å². The van der Waals surface area contributed by atoms with Crippen molar-refractivity contribution in [1.82, 2.24) is 5.32 Å². The fourth-order valence-corrected chi connectivity index (χ4v) is 2.27. The first-order valence-electron chi connectivity index (χ1n) is 7.35. The average Bonchev–Trinajstić information content (AvgIpc) is 2.49. The monoisotopic (exact) mass is 292 g/mol. The van der Waals surface area contributed by atoms with E-state index in [-0.39, 0.29) is 24.3 Å². The summed E-state index contributed by atoms with van der Waals surface area (Å²) in [4.78, 5) is 23.0. The van der Waals surface area contributed by atoms with Gasteiger partial charge in [-0.05, 0) is 18.4 Å². The van der Waals surface area contributed by atoms with Crippen molar-refractivity contribution in [3.63, 3.8) is 0 Å². The van der Waals surface area contributed by atoms with Crippen molar-refractivity contribution in [1.29, 1.82) is 0 Å². The fraction of sp³-hybridized carbons (Fsp3) is 0.500. The third-order valence-corrected chi connectivity index (χ3v) is 3.46. The molecule has 0 fully saturated rings. The van der Waals surface area contributed by atoms with Crippen molar-refractivity contribution >= 4 is 11.9 Å². The second-order valence-corrected chi connectivity index (χ2v) is 5.13. The van der Waals surface area contributed by atoms with Gasteiger partial charge in [0.05, 0.1) is 12.0 Å². The zero-order valence-corrected chi connectivity index (χ0v) is 12.4. The van der Waals surface area contributed by atoms with Crippen molar-refractivity contribution in [3.05, 3.63) is 35.9 Å². The quantitative estimate of drug-likeness (QED) is 0.649. The maximum atomic E-state index is 12.3. The fourth-order valence-electron chi connectivity index (χ4n) is 2.27. The number of carboxylic acid groups (broad SMARTS) is 1. The van der Waals surface area contributed by atoms with Crippen molar-refractivity contribution in [2.45, 2.75) is 38.6 Å². The summed E-state index contributed by atoms with van der Waals surface area (Å²) in [6.45, 7) is 2.31. The zero-order chi connectivity index (χ0) is 15.7. The second kappa shape index (κ2) is 9.13. The molecule has 21 heavy (non-hydrogen) atoms. The summed E-state index contributed by atoms with van der Waals surface area (Å²) in [5.74, 6) is -1.18.